The van der Waals surface area contributed by atoms with Gasteiger partial charge in [0, 0.05) is 11.5 Å². The molecule has 1 aromatic carbocycles. The summed E-state index contributed by atoms with van der Waals surface area (Å²) in [7, 11) is 0. The molecule has 1 N–H and O–H groups in total. The molecule has 1 aliphatic heterocycles. The minimum atomic E-state index is 0.502. The summed E-state index contributed by atoms with van der Waals surface area (Å²) in [5.41, 5.74) is 2.09. The van der Waals surface area contributed by atoms with Gasteiger partial charge in [-0.2, -0.15) is 0 Å². The van der Waals surface area contributed by atoms with Gasteiger partial charge in [0.25, 0.3) is 0 Å². The first kappa shape index (κ1) is 13.9. The van der Waals surface area contributed by atoms with Crippen molar-refractivity contribution < 1.29 is 4.84 Å². The molecule has 112 valence electrons. The van der Waals surface area contributed by atoms with Gasteiger partial charge >= 0.3 is 0 Å². The van der Waals surface area contributed by atoms with Crippen LogP contribution in [0.5, 0.6) is 0 Å². The lowest BCUT2D eigenvalue weighted by molar-refractivity contribution is 0.133. The maximum absolute atomic E-state index is 6.16. The van der Waals surface area contributed by atoms with Gasteiger partial charge in [0.05, 0.1) is 15.8 Å². The maximum atomic E-state index is 6.16. The SMILES string of the molecule is Clc1ccc(/C(=N/OCC2CC2)C2C3CNCC32)cc1Cl. The summed E-state index contributed by atoms with van der Waals surface area (Å²) in [5.74, 6) is 2.61. The van der Waals surface area contributed by atoms with Gasteiger partial charge in [0.2, 0.25) is 0 Å². The fourth-order valence-electron chi connectivity index (χ4n) is 3.28. The molecule has 3 nitrogen and oxygen atoms in total. The summed E-state index contributed by atoms with van der Waals surface area (Å²) in [6, 6.07) is 5.74. The van der Waals surface area contributed by atoms with Gasteiger partial charge < -0.3 is 10.2 Å². The van der Waals surface area contributed by atoms with Crippen molar-refractivity contribution in [1.29, 1.82) is 0 Å². The van der Waals surface area contributed by atoms with Crippen LogP contribution in [0.3, 0.4) is 0 Å². The van der Waals surface area contributed by atoms with Crippen LogP contribution in [0.15, 0.2) is 23.4 Å². The minimum Gasteiger partial charge on any atom is -0.395 e. The Morgan fingerprint density at radius 1 is 1.19 bits per heavy atom. The van der Waals surface area contributed by atoms with Crippen LogP contribution in [0.25, 0.3) is 0 Å². The molecule has 2 saturated carbocycles. The molecule has 0 amide bonds. The molecule has 21 heavy (non-hydrogen) atoms. The van der Waals surface area contributed by atoms with Crippen LogP contribution in [0.2, 0.25) is 10.0 Å². The average molecular weight is 325 g/mol. The van der Waals surface area contributed by atoms with Gasteiger partial charge in [-0.15, -0.1) is 0 Å². The molecule has 3 fully saturated rings. The van der Waals surface area contributed by atoms with Crippen LogP contribution in [-0.4, -0.2) is 25.4 Å². The number of piperidine rings is 1. The molecule has 4 rings (SSSR count). The second-order valence-corrected chi connectivity index (χ2v) is 7.17. The normalized spacial score (nSPS) is 31.1. The highest BCUT2D eigenvalue weighted by Gasteiger charge is 2.55. The van der Waals surface area contributed by atoms with Gasteiger partial charge in [0.15, 0.2) is 0 Å². The molecule has 3 aliphatic rings. The monoisotopic (exact) mass is 324 g/mol. The number of nitrogens with one attached hydrogen (secondary N) is 1. The van der Waals surface area contributed by atoms with Gasteiger partial charge in [-0.3, -0.25) is 0 Å². The molecule has 1 heterocycles. The second-order valence-electron chi connectivity index (χ2n) is 6.36. The Bertz CT molecular complexity index is 576. The Morgan fingerprint density at radius 3 is 2.62 bits per heavy atom. The third-order valence-electron chi connectivity index (χ3n) is 4.79. The second kappa shape index (κ2) is 5.45. The highest BCUT2D eigenvalue weighted by Crippen LogP contribution is 2.51. The van der Waals surface area contributed by atoms with Crippen LogP contribution in [0.1, 0.15) is 18.4 Å². The number of oxime groups is 1. The zero-order valence-electron chi connectivity index (χ0n) is 11.7. The number of benzene rings is 1. The average Bonchev–Trinajstić information content (AvgIpc) is 3.37. The van der Waals surface area contributed by atoms with E-state index in [1.54, 1.807) is 0 Å². The van der Waals surface area contributed by atoms with E-state index in [0.29, 0.717) is 33.7 Å². The Labute approximate surface area is 134 Å². The van der Waals surface area contributed by atoms with Crippen molar-refractivity contribution in [2.75, 3.05) is 19.7 Å². The summed E-state index contributed by atoms with van der Waals surface area (Å²) < 4.78 is 0. The highest BCUT2D eigenvalue weighted by molar-refractivity contribution is 6.42. The van der Waals surface area contributed by atoms with E-state index in [9.17, 15) is 0 Å². The maximum Gasteiger partial charge on any atom is 0.120 e. The predicted molar refractivity (Wildman–Crippen MR) is 85.0 cm³/mol. The fourth-order valence-corrected chi connectivity index (χ4v) is 3.58. The number of rotatable bonds is 5. The van der Waals surface area contributed by atoms with Crippen molar-refractivity contribution in [2.45, 2.75) is 12.8 Å². The first-order chi connectivity index (χ1) is 10.2. The Balaban J connectivity index is 1.57. The molecule has 0 spiro atoms. The summed E-state index contributed by atoms with van der Waals surface area (Å²) >= 11 is 12.2. The van der Waals surface area contributed by atoms with Gasteiger partial charge in [-0.25, -0.2) is 0 Å². The number of fused-ring (bicyclic) bond motifs is 1. The lowest BCUT2D eigenvalue weighted by Crippen LogP contribution is -2.20. The molecule has 0 bridgehead atoms. The van der Waals surface area contributed by atoms with Crippen molar-refractivity contribution in [2.24, 2.45) is 28.8 Å². The summed E-state index contributed by atoms with van der Waals surface area (Å²) in [5, 5.41) is 9.05. The molecular formula is C16H18Cl2N2O. The molecule has 5 heteroatoms. The molecule has 2 aliphatic carbocycles. The smallest absolute Gasteiger partial charge is 0.120 e. The number of hydrogen-bond donors (Lipinski definition) is 1. The third-order valence-corrected chi connectivity index (χ3v) is 5.53. The largest absolute Gasteiger partial charge is 0.395 e. The molecule has 0 radical (unpaired) electrons. The van der Waals surface area contributed by atoms with Crippen LogP contribution in [0.4, 0.5) is 0 Å². The van der Waals surface area contributed by atoms with E-state index in [4.69, 9.17) is 28.0 Å². The lowest BCUT2D eigenvalue weighted by atomic mass is 10.0. The third kappa shape index (κ3) is 2.79. The van der Waals surface area contributed by atoms with Crippen molar-refractivity contribution >= 4 is 28.9 Å². The van der Waals surface area contributed by atoms with Crippen molar-refractivity contribution in [3.8, 4) is 0 Å². The van der Waals surface area contributed by atoms with Gasteiger partial charge in [0.1, 0.15) is 6.61 Å². The number of nitrogens with zero attached hydrogens (tertiary/aromatic N) is 1. The van der Waals surface area contributed by atoms with Crippen molar-refractivity contribution in [3.63, 3.8) is 0 Å². The standard InChI is InChI=1S/C16H18Cl2N2O/c17-13-4-3-10(5-14(13)18)16(20-21-8-9-1-2-9)15-11-6-19-7-12(11)15/h3-5,9,11-12,15,19H,1-2,6-8H2/b20-16-. The Hall–Kier alpha value is -0.770. The number of hydrogen-bond acceptors (Lipinski definition) is 3. The van der Waals surface area contributed by atoms with E-state index in [1.165, 1.54) is 12.8 Å². The van der Waals surface area contributed by atoms with E-state index >= 15 is 0 Å². The molecular weight excluding hydrogens is 307 g/mol. The molecule has 2 atom stereocenters. The van der Waals surface area contributed by atoms with E-state index < -0.39 is 0 Å². The quantitative estimate of drug-likeness (QED) is 0.663. The number of halogens is 2. The van der Waals surface area contributed by atoms with Crippen LogP contribution in [0, 0.1) is 23.7 Å². The fraction of sp³-hybridized carbons (Fsp3) is 0.562. The highest BCUT2D eigenvalue weighted by atomic mass is 35.5. The molecule has 1 aromatic rings. The summed E-state index contributed by atoms with van der Waals surface area (Å²) in [4.78, 5) is 5.60. The lowest BCUT2D eigenvalue weighted by Gasteiger charge is -2.10. The first-order valence-electron chi connectivity index (χ1n) is 7.60. The minimum absolute atomic E-state index is 0.502. The van der Waals surface area contributed by atoms with Crippen LogP contribution < -0.4 is 5.32 Å². The topological polar surface area (TPSA) is 33.6 Å². The predicted octanol–water partition coefficient (Wildman–Crippen LogP) is 3.59. The van der Waals surface area contributed by atoms with Crippen LogP contribution in [-0.2, 0) is 4.84 Å². The van der Waals surface area contributed by atoms with E-state index in [2.05, 4.69) is 10.5 Å². The van der Waals surface area contributed by atoms with E-state index in [-0.39, 0.29) is 0 Å². The molecule has 2 unspecified atom stereocenters. The Morgan fingerprint density at radius 2 is 1.95 bits per heavy atom. The van der Waals surface area contributed by atoms with Gasteiger partial charge in [-0.05, 0) is 55.8 Å². The van der Waals surface area contributed by atoms with E-state index in [1.807, 2.05) is 18.2 Å². The zero-order chi connectivity index (χ0) is 14.4. The van der Waals surface area contributed by atoms with Crippen molar-refractivity contribution in [1.82, 2.24) is 5.32 Å². The summed E-state index contributed by atoms with van der Waals surface area (Å²) in [6.07, 6.45) is 2.55. The van der Waals surface area contributed by atoms with Crippen molar-refractivity contribution in [3.05, 3.63) is 33.8 Å². The van der Waals surface area contributed by atoms with Crippen LogP contribution >= 0.6 is 23.2 Å². The first-order valence-corrected chi connectivity index (χ1v) is 8.35. The zero-order valence-corrected chi connectivity index (χ0v) is 13.2. The van der Waals surface area contributed by atoms with Gasteiger partial charge in [-0.1, -0.05) is 34.4 Å². The molecule has 1 saturated heterocycles. The van der Waals surface area contributed by atoms with E-state index in [0.717, 1.165) is 31.0 Å². The Kier molecular flexibility index (Phi) is 3.60. The summed E-state index contributed by atoms with van der Waals surface area (Å²) in [6.45, 7) is 2.90. The molecule has 0 aromatic heterocycles.